The molecule has 2 heteroatoms. The topological polar surface area (TPSA) is 16.4 Å². The second kappa shape index (κ2) is 10.4. The Balaban J connectivity index is 1.15. The van der Waals surface area contributed by atoms with Crippen LogP contribution in [-0.4, -0.2) is 0 Å². The molecule has 8 aromatic carbocycles. The molecule has 1 heterocycles. The average molecular weight is 628 g/mol. The quantitative estimate of drug-likeness (QED) is 0.193. The number of hydrogen-bond acceptors (Lipinski definition) is 2. The summed E-state index contributed by atoms with van der Waals surface area (Å²) in [5.74, 6) is 0. The molecule has 1 aliphatic rings. The third-order valence-corrected chi connectivity index (χ3v) is 10.7. The predicted octanol–water partition coefficient (Wildman–Crippen LogP) is 13.3. The number of hydrogen-bond donors (Lipinski definition) is 0. The maximum Gasteiger partial charge on any atom is 0.137 e. The van der Waals surface area contributed by atoms with Crippen molar-refractivity contribution in [3.05, 3.63) is 175 Å². The molecular weight excluding hydrogens is 595 g/mol. The van der Waals surface area contributed by atoms with Gasteiger partial charge in [0, 0.05) is 39.0 Å². The Labute approximate surface area is 285 Å². The van der Waals surface area contributed by atoms with Gasteiger partial charge in [-0.05, 0) is 92.0 Å². The van der Waals surface area contributed by atoms with E-state index >= 15 is 0 Å². The minimum Gasteiger partial charge on any atom is -0.456 e. The Hall–Kier alpha value is -6.12. The molecule has 0 radical (unpaired) electrons. The fraction of sp³-hybridized carbons (Fsp3) is 0.0638. The molecule has 9 aromatic rings. The summed E-state index contributed by atoms with van der Waals surface area (Å²) < 4.78 is 6.35. The summed E-state index contributed by atoms with van der Waals surface area (Å²) >= 11 is 0. The summed E-state index contributed by atoms with van der Waals surface area (Å²) in [5.41, 5.74) is 13.0. The Morgan fingerprint density at radius 3 is 2.00 bits per heavy atom. The maximum atomic E-state index is 6.35. The lowest BCUT2D eigenvalue weighted by Gasteiger charge is -2.27. The number of nitrogens with zero attached hydrogens (tertiary/aromatic N) is 1. The highest BCUT2D eigenvalue weighted by atomic mass is 16.3. The Morgan fingerprint density at radius 2 is 1.14 bits per heavy atom. The molecule has 0 spiro atoms. The largest absolute Gasteiger partial charge is 0.456 e. The van der Waals surface area contributed by atoms with Gasteiger partial charge in [0.2, 0.25) is 0 Å². The first-order valence-electron chi connectivity index (χ1n) is 17.0. The van der Waals surface area contributed by atoms with Crippen molar-refractivity contribution < 1.29 is 4.42 Å². The summed E-state index contributed by atoms with van der Waals surface area (Å²) in [5, 5.41) is 7.31. The SMILES string of the molecule is CC1(C)c2cc(-c3ccc(N(c4ccccc4)c4ccc5c(c4)oc4ccccc45)c4ccccc34)ccc2-c2c1ccc1ccccc21. The molecule has 0 saturated heterocycles. The fourth-order valence-electron chi connectivity index (χ4n) is 8.26. The van der Waals surface area contributed by atoms with Crippen LogP contribution in [0.3, 0.4) is 0 Å². The average Bonchev–Trinajstić information content (AvgIpc) is 3.63. The number of anilines is 3. The highest BCUT2D eigenvalue weighted by Crippen LogP contribution is 2.52. The minimum absolute atomic E-state index is 0.0974. The van der Waals surface area contributed by atoms with Crippen LogP contribution in [-0.2, 0) is 5.41 Å². The molecule has 0 unspecified atom stereocenters. The number of fused-ring (bicyclic) bond motifs is 9. The van der Waals surface area contributed by atoms with Crippen LogP contribution in [0.1, 0.15) is 25.0 Å². The molecular formula is C47H33NO. The lowest BCUT2D eigenvalue weighted by Crippen LogP contribution is -2.15. The second-order valence-electron chi connectivity index (χ2n) is 13.7. The molecule has 2 nitrogen and oxygen atoms in total. The van der Waals surface area contributed by atoms with Crippen molar-refractivity contribution in [3.63, 3.8) is 0 Å². The third kappa shape index (κ3) is 4.14. The summed E-state index contributed by atoms with van der Waals surface area (Å²) in [6, 6.07) is 59.4. The number of para-hydroxylation sites is 2. The van der Waals surface area contributed by atoms with E-state index in [4.69, 9.17) is 4.42 Å². The predicted molar refractivity (Wildman–Crippen MR) is 206 cm³/mol. The smallest absolute Gasteiger partial charge is 0.137 e. The second-order valence-corrected chi connectivity index (χ2v) is 13.7. The standard InChI is InChI=1S/C47H33NO/c1-47(2)41-26-21-30-12-6-7-15-35(30)46(41)40-23-20-31(28-42(40)47)34-25-27-43(37-17-9-8-16-36(34)37)48(32-13-4-3-5-14-32)33-22-24-39-38-18-10-11-19-44(38)49-45(39)29-33/h3-29H,1-2H3. The first kappa shape index (κ1) is 27.9. The van der Waals surface area contributed by atoms with Crippen molar-refractivity contribution in [2.45, 2.75) is 19.3 Å². The fourth-order valence-corrected chi connectivity index (χ4v) is 8.26. The van der Waals surface area contributed by atoms with Gasteiger partial charge >= 0.3 is 0 Å². The number of benzene rings is 8. The zero-order valence-electron chi connectivity index (χ0n) is 27.4. The van der Waals surface area contributed by atoms with Gasteiger partial charge in [-0.25, -0.2) is 0 Å². The van der Waals surface area contributed by atoms with Crippen LogP contribution < -0.4 is 4.90 Å². The molecule has 0 bridgehead atoms. The third-order valence-electron chi connectivity index (χ3n) is 10.7. The van der Waals surface area contributed by atoms with Crippen LogP contribution in [0.5, 0.6) is 0 Å². The van der Waals surface area contributed by atoms with E-state index in [9.17, 15) is 0 Å². The molecule has 0 aliphatic heterocycles. The lowest BCUT2D eigenvalue weighted by molar-refractivity contribution is 0.661. The van der Waals surface area contributed by atoms with E-state index in [-0.39, 0.29) is 5.41 Å². The van der Waals surface area contributed by atoms with Crippen molar-refractivity contribution in [1.29, 1.82) is 0 Å². The van der Waals surface area contributed by atoms with Gasteiger partial charge in [0.25, 0.3) is 0 Å². The van der Waals surface area contributed by atoms with Crippen molar-refractivity contribution in [2.75, 3.05) is 4.90 Å². The van der Waals surface area contributed by atoms with Crippen molar-refractivity contribution in [3.8, 4) is 22.3 Å². The van der Waals surface area contributed by atoms with E-state index in [0.29, 0.717) is 0 Å². The molecule has 0 N–H and O–H groups in total. The monoisotopic (exact) mass is 627 g/mol. The molecule has 0 fully saturated rings. The van der Waals surface area contributed by atoms with Gasteiger partial charge in [-0.2, -0.15) is 0 Å². The zero-order valence-corrected chi connectivity index (χ0v) is 27.4. The lowest BCUT2D eigenvalue weighted by atomic mass is 9.81. The van der Waals surface area contributed by atoms with Crippen molar-refractivity contribution >= 4 is 60.5 Å². The molecule has 0 amide bonds. The maximum absolute atomic E-state index is 6.35. The van der Waals surface area contributed by atoms with Gasteiger partial charge in [-0.15, -0.1) is 0 Å². The highest BCUT2D eigenvalue weighted by molar-refractivity contribution is 6.09. The van der Waals surface area contributed by atoms with Crippen LogP contribution in [0.25, 0.3) is 65.7 Å². The van der Waals surface area contributed by atoms with E-state index in [1.807, 2.05) is 12.1 Å². The van der Waals surface area contributed by atoms with Crippen molar-refractivity contribution in [2.24, 2.45) is 0 Å². The molecule has 1 aromatic heterocycles. The van der Waals surface area contributed by atoms with Gasteiger partial charge in [0.05, 0.1) is 5.69 Å². The van der Waals surface area contributed by atoms with E-state index in [2.05, 4.69) is 170 Å². The summed E-state index contributed by atoms with van der Waals surface area (Å²) in [4.78, 5) is 2.35. The molecule has 0 atom stereocenters. The first-order chi connectivity index (χ1) is 24.1. The molecule has 1 aliphatic carbocycles. The summed E-state index contributed by atoms with van der Waals surface area (Å²) in [6.07, 6.45) is 0. The van der Waals surface area contributed by atoms with Crippen LogP contribution in [0, 0.1) is 0 Å². The highest BCUT2D eigenvalue weighted by Gasteiger charge is 2.36. The van der Waals surface area contributed by atoms with E-state index < -0.39 is 0 Å². The van der Waals surface area contributed by atoms with Gasteiger partial charge in [0.1, 0.15) is 11.2 Å². The van der Waals surface area contributed by atoms with Gasteiger partial charge in [0.15, 0.2) is 0 Å². The minimum atomic E-state index is -0.0974. The van der Waals surface area contributed by atoms with Crippen LogP contribution in [0.2, 0.25) is 0 Å². The van der Waals surface area contributed by atoms with Gasteiger partial charge in [-0.1, -0.05) is 129 Å². The number of rotatable bonds is 4. The van der Waals surface area contributed by atoms with Crippen LogP contribution in [0.4, 0.5) is 17.1 Å². The summed E-state index contributed by atoms with van der Waals surface area (Å²) in [7, 11) is 0. The zero-order chi connectivity index (χ0) is 32.7. The van der Waals surface area contributed by atoms with E-state index in [1.54, 1.807) is 0 Å². The first-order valence-corrected chi connectivity index (χ1v) is 17.0. The molecule has 232 valence electrons. The normalized spacial score (nSPS) is 13.3. The van der Waals surface area contributed by atoms with Gasteiger partial charge < -0.3 is 9.32 Å². The van der Waals surface area contributed by atoms with Gasteiger partial charge in [-0.3, -0.25) is 0 Å². The number of furan rings is 1. The van der Waals surface area contributed by atoms with E-state index in [1.165, 1.54) is 54.9 Å². The Morgan fingerprint density at radius 1 is 0.449 bits per heavy atom. The molecule has 0 saturated carbocycles. The van der Waals surface area contributed by atoms with E-state index in [0.717, 1.165) is 39.0 Å². The van der Waals surface area contributed by atoms with Crippen LogP contribution >= 0.6 is 0 Å². The van der Waals surface area contributed by atoms with Crippen molar-refractivity contribution in [1.82, 2.24) is 0 Å². The Kier molecular flexibility index (Phi) is 5.95. The molecule has 49 heavy (non-hydrogen) atoms. The molecule has 10 rings (SSSR count). The van der Waals surface area contributed by atoms with Crippen LogP contribution in [0.15, 0.2) is 168 Å². The Bertz CT molecular complexity index is 2750. The summed E-state index contributed by atoms with van der Waals surface area (Å²) in [6.45, 7) is 4.74.